The minimum atomic E-state index is -4.38. The van der Waals surface area contributed by atoms with Gasteiger partial charge in [0.05, 0.1) is 11.2 Å². The summed E-state index contributed by atoms with van der Waals surface area (Å²) in [5, 5.41) is 11.0. The average molecular weight is 319 g/mol. The summed E-state index contributed by atoms with van der Waals surface area (Å²) in [5.74, 6) is 1.44. The van der Waals surface area contributed by atoms with E-state index in [-0.39, 0.29) is 5.92 Å². The Labute approximate surface area is 127 Å². The van der Waals surface area contributed by atoms with Crippen LogP contribution in [0.3, 0.4) is 0 Å². The Bertz CT molecular complexity index is 492. The topological polar surface area (TPSA) is 23.5 Å². The van der Waals surface area contributed by atoms with Crippen molar-refractivity contribution in [1.82, 2.24) is 4.90 Å². The number of hydrogen-bond acceptors (Lipinski definition) is 3. The summed E-state index contributed by atoms with van der Waals surface area (Å²) in [7, 11) is 3.82. The molecular weight excluding hydrogens is 299 g/mol. The highest BCUT2D eigenvalue weighted by molar-refractivity contribution is 7.99. The summed E-state index contributed by atoms with van der Waals surface area (Å²) < 4.78 is 38.6. The van der Waals surface area contributed by atoms with E-state index in [4.69, 9.17) is 0 Å². The molecule has 21 heavy (non-hydrogen) atoms. The lowest BCUT2D eigenvalue weighted by Crippen LogP contribution is -2.45. The first kappa shape index (κ1) is 16.6. The van der Waals surface area contributed by atoms with Gasteiger partial charge in [-0.25, -0.2) is 0 Å². The first-order valence-electron chi connectivity index (χ1n) is 6.86. The van der Waals surface area contributed by atoms with Crippen molar-refractivity contribution < 1.29 is 18.3 Å². The Morgan fingerprint density at radius 2 is 2.10 bits per heavy atom. The van der Waals surface area contributed by atoms with Crippen LogP contribution < -0.4 is 0 Å². The summed E-state index contributed by atoms with van der Waals surface area (Å²) in [6.45, 7) is 0.653. The maximum atomic E-state index is 12.9. The Morgan fingerprint density at radius 3 is 2.71 bits per heavy atom. The van der Waals surface area contributed by atoms with Crippen LogP contribution in [0.2, 0.25) is 0 Å². The van der Waals surface area contributed by atoms with E-state index in [1.165, 1.54) is 6.07 Å². The summed E-state index contributed by atoms with van der Waals surface area (Å²) in [6, 6.07) is 5.13. The molecule has 2 atom stereocenters. The molecule has 1 aliphatic rings. The third-order valence-electron chi connectivity index (χ3n) is 3.90. The number of benzene rings is 1. The van der Waals surface area contributed by atoms with Crippen molar-refractivity contribution >= 4 is 11.8 Å². The molecule has 1 aromatic carbocycles. The smallest absolute Gasteiger partial charge is 0.385 e. The lowest BCUT2D eigenvalue weighted by Gasteiger charge is -2.41. The van der Waals surface area contributed by atoms with Gasteiger partial charge in [-0.2, -0.15) is 24.9 Å². The van der Waals surface area contributed by atoms with E-state index >= 15 is 0 Å². The maximum Gasteiger partial charge on any atom is 0.416 e. The third kappa shape index (κ3) is 3.73. The van der Waals surface area contributed by atoms with E-state index in [0.29, 0.717) is 18.5 Å². The zero-order chi connectivity index (χ0) is 15.7. The number of aliphatic hydroxyl groups is 1. The molecule has 1 heterocycles. The Kier molecular flexibility index (Phi) is 4.90. The molecule has 0 saturated carbocycles. The summed E-state index contributed by atoms with van der Waals surface area (Å²) >= 11 is 1.74. The first-order chi connectivity index (χ1) is 9.73. The van der Waals surface area contributed by atoms with Gasteiger partial charge < -0.3 is 10.0 Å². The van der Waals surface area contributed by atoms with Crippen LogP contribution in [0.1, 0.15) is 17.5 Å². The molecule has 1 aliphatic heterocycles. The quantitative estimate of drug-likeness (QED) is 0.925. The highest BCUT2D eigenvalue weighted by Crippen LogP contribution is 2.42. The van der Waals surface area contributed by atoms with E-state index in [1.54, 1.807) is 17.8 Å². The molecule has 1 aromatic rings. The van der Waals surface area contributed by atoms with Gasteiger partial charge in [-0.3, -0.25) is 0 Å². The first-order valence-corrected chi connectivity index (χ1v) is 8.01. The number of alkyl halides is 3. The highest BCUT2D eigenvalue weighted by Gasteiger charge is 2.42. The second-order valence-corrected chi connectivity index (χ2v) is 6.94. The Hall–Kier alpha value is -0.720. The van der Waals surface area contributed by atoms with E-state index in [0.717, 1.165) is 23.6 Å². The van der Waals surface area contributed by atoms with Gasteiger partial charge >= 0.3 is 6.18 Å². The number of rotatable bonds is 3. The van der Waals surface area contributed by atoms with Gasteiger partial charge in [0.1, 0.15) is 0 Å². The largest absolute Gasteiger partial charge is 0.416 e. The fraction of sp³-hybridized carbons (Fsp3) is 0.600. The van der Waals surface area contributed by atoms with Crippen molar-refractivity contribution in [3.8, 4) is 0 Å². The second kappa shape index (κ2) is 6.18. The molecular formula is C15H20F3NOS. The normalized spacial score (nSPS) is 27.1. The van der Waals surface area contributed by atoms with Gasteiger partial charge in [0, 0.05) is 18.2 Å². The van der Waals surface area contributed by atoms with E-state index in [2.05, 4.69) is 0 Å². The molecule has 0 aliphatic carbocycles. The molecule has 0 bridgehead atoms. The molecule has 1 saturated heterocycles. The van der Waals surface area contributed by atoms with Crippen LogP contribution in [-0.2, 0) is 11.8 Å². The van der Waals surface area contributed by atoms with Crippen LogP contribution in [-0.4, -0.2) is 42.2 Å². The van der Waals surface area contributed by atoms with Crippen molar-refractivity contribution in [3.05, 3.63) is 35.4 Å². The molecule has 2 nitrogen and oxygen atoms in total. The van der Waals surface area contributed by atoms with E-state index < -0.39 is 17.3 Å². The van der Waals surface area contributed by atoms with Crippen LogP contribution >= 0.6 is 11.8 Å². The minimum absolute atomic E-state index is 0.0743. The highest BCUT2D eigenvalue weighted by atomic mass is 32.2. The standard InChI is InChI=1S/C15H20F3NOS/c1-19(2)9-13-10-21-7-6-14(13,20)11-4-3-5-12(8-11)15(16,17)18/h3-5,8,13,20H,6-7,9-10H2,1-2H3/t13-,14+/m0/s1. The Morgan fingerprint density at radius 1 is 1.38 bits per heavy atom. The van der Waals surface area contributed by atoms with Crippen LogP contribution in [0.4, 0.5) is 13.2 Å². The fourth-order valence-electron chi connectivity index (χ4n) is 2.78. The molecule has 0 radical (unpaired) electrons. The zero-order valence-electron chi connectivity index (χ0n) is 12.2. The predicted molar refractivity (Wildman–Crippen MR) is 79.3 cm³/mol. The van der Waals surface area contributed by atoms with Gasteiger partial charge in [-0.05, 0) is 44.0 Å². The Balaban J connectivity index is 2.36. The fourth-order valence-corrected chi connectivity index (χ4v) is 4.07. The van der Waals surface area contributed by atoms with Crippen molar-refractivity contribution in [2.75, 3.05) is 32.1 Å². The van der Waals surface area contributed by atoms with E-state index in [9.17, 15) is 18.3 Å². The zero-order valence-corrected chi connectivity index (χ0v) is 13.0. The summed E-state index contributed by atoms with van der Waals surface area (Å²) in [6.07, 6.45) is -3.90. The third-order valence-corrected chi connectivity index (χ3v) is 5.03. The van der Waals surface area contributed by atoms with Gasteiger partial charge in [0.15, 0.2) is 0 Å². The second-order valence-electron chi connectivity index (χ2n) is 5.79. The monoisotopic (exact) mass is 319 g/mol. The average Bonchev–Trinajstić information content (AvgIpc) is 2.40. The molecule has 118 valence electrons. The lowest BCUT2D eigenvalue weighted by atomic mass is 9.79. The molecule has 1 N–H and O–H groups in total. The van der Waals surface area contributed by atoms with Crippen LogP contribution in [0, 0.1) is 5.92 Å². The predicted octanol–water partition coefficient (Wildman–Crippen LogP) is 3.21. The molecule has 0 spiro atoms. The molecule has 0 unspecified atom stereocenters. The van der Waals surface area contributed by atoms with Crippen molar-refractivity contribution in [2.45, 2.75) is 18.2 Å². The number of nitrogens with zero attached hydrogens (tertiary/aromatic N) is 1. The van der Waals surface area contributed by atoms with Crippen molar-refractivity contribution in [1.29, 1.82) is 0 Å². The molecule has 0 aromatic heterocycles. The maximum absolute atomic E-state index is 12.9. The van der Waals surface area contributed by atoms with Gasteiger partial charge in [-0.1, -0.05) is 12.1 Å². The summed E-state index contributed by atoms with van der Waals surface area (Å²) in [5.41, 5.74) is -1.50. The molecule has 0 amide bonds. The lowest BCUT2D eigenvalue weighted by molar-refractivity contribution is -0.137. The van der Waals surface area contributed by atoms with Crippen LogP contribution in [0.25, 0.3) is 0 Å². The summed E-state index contributed by atoms with van der Waals surface area (Å²) in [4.78, 5) is 1.97. The van der Waals surface area contributed by atoms with Crippen LogP contribution in [0.15, 0.2) is 24.3 Å². The number of halogens is 3. The van der Waals surface area contributed by atoms with Gasteiger partial charge in [0.25, 0.3) is 0 Å². The van der Waals surface area contributed by atoms with Crippen molar-refractivity contribution in [2.24, 2.45) is 5.92 Å². The number of thioether (sulfide) groups is 1. The number of hydrogen-bond donors (Lipinski definition) is 1. The molecule has 2 rings (SSSR count). The molecule has 6 heteroatoms. The van der Waals surface area contributed by atoms with Crippen LogP contribution in [0.5, 0.6) is 0 Å². The minimum Gasteiger partial charge on any atom is -0.385 e. The van der Waals surface area contributed by atoms with Gasteiger partial charge in [0.2, 0.25) is 0 Å². The van der Waals surface area contributed by atoms with Crippen molar-refractivity contribution in [3.63, 3.8) is 0 Å². The SMILES string of the molecule is CN(C)C[C@H]1CSCC[C@@]1(O)c1cccc(C(F)(F)F)c1. The molecule has 1 fully saturated rings. The van der Waals surface area contributed by atoms with E-state index in [1.807, 2.05) is 19.0 Å². The van der Waals surface area contributed by atoms with Gasteiger partial charge in [-0.15, -0.1) is 0 Å².